The third kappa shape index (κ3) is 6.53. The Labute approximate surface area is 265 Å². The molecule has 2 aromatic heterocycles. The van der Waals surface area contributed by atoms with Gasteiger partial charge in [0.25, 0.3) is 0 Å². The van der Waals surface area contributed by atoms with Crippen molar-refractivity contribution in [3.63, 3.8) is 0 Å². The van der Waals surface area contributed by atoms with Crippen molar-refractivity contribution in [3.05, 3.63) is 95.8 Å². The number of carboxylic acid groups (broad SMARTS) is 1. The van der Waals surface area contributed by atoms with Crippen LogP contribution in [0.3, 0.4) is 0 Å². The molecule has 11 heteroatoms. The van der Waals surface area contributed by atoms with E-state index in [-0.39, 0.29) is 41.6 Å². The van der Waals surface area contributed by atoms with E-state index in [0.29, 0.717) is 11.8 Å². The van der Waals surface area contributed by atoms with Crippen LogP contribution in [0.2, 0.25) is 0 Å². The molecule has 0 amide bonds. The van der Waals surface area contributed by atoms with Crippen molar-refractivity contribution in [1.82, 2.24) is 14.5 Å². The van der Waals surface area contributed by atoms with Crippen LogP contribution in [0.5, 0.6) is 5.75 Å². The van der Waals surface area contributed by atoms with E-state index in [9.17, 15) is 23.1 Å². The Bertz CT molecular complexity index is 1720. The number of benzene rings is 2. The number of rotatable bonds is 8. The van der Waals surface area contributed by atoms with Crippen molar-refractivity contribution >= 4 is 16.9 Å². The summed E-state index contributed by atoms with van der Waals surface area (Å²) in [5, 5.41) is 30.3. The molecule has 0 spiro atoms. The number of alkyl halides is 3. The van der Waals surface area contributed by atoms with Crippen molar-refractivity contribution in [2.45, 2.75) is 44.6 Å². The first-order valence-corrected chi connectivity index (χ1v) is 15.2. The van der Waals surface area contributed by atoms with Crippen molar-refractivity contribution in [2.24, 2.45) is 11.8 Å². The highest BCUT2D eigenvalue weighted by atomic mass is 19.4. The van der Waals surface area contributed by atoms with E-state index in [4.69, 9.17) is 14.9 Å². The maximum atomic E-state index is 13.2. The van der Waals surface area contributed by atoms with E-state index in [2.05, 4.69) is 22.5 Å². The molecule has 5 atom stereocenters. The second-order valence-corrected chi connectivity index (χ2v) is 11.8. The van der Waals surface area contributed by atoms with E-state index in [1.807, 2.05) is 24.3 Å². The van der Waals surface area contributed by atoms with Crippen molar-refractivity contribution < 1.29 is 38.0 Å². The number of carboxylic acids is 1. The van der Waals surface area contributed by atoms with Crippen LogP contribution in [0, 0.1) is 18.8 Å². The molecule has 0 saturated carbocycles. The number of nitrogens with zero attached hydrogens (tertiary/aromatic N) is 3. The molecule has 3 N–H and O–H groups in total. The van der Waals surface area contributed by atoms with E-state index >= 15 is 0 Å². The zero-order valence-electron chi connectivity index (χ0n) is 25.7. The average molecular weight is 638 g/mol. The summed E-state index contributed by atoms with van der Waals surface area (Å²) >= 11 is 0. The molecule has 244 valence electrons. The molecular weight excluding hydrogens is 599 g/mol. The minimum atomic E-state index is -4.55. The number of aliphatic hydroxyl groups excluding tert-OH is 2. The molecule has 8 nitrogen and oxygen atoms in total. The monoisotopic (exact) mass is 637 g/mol. The van der Waals surface area contributed by atoms with Gasteiger partial charge in [0.15, 0.2) is 0 Å². The fraction of sp³-hybridized carbons (Fsp3) is 0.371. The number of hydrogen-bond acceptors (Lipinski definition) is 6. The Balaban J connectivity index is 0.000000182. The molecule has 46 heavy (non-hydrogen) atoms. The summed E-state index contributed by atoms with van der Waals surface area (Å²) in [7, 11) is 1.66. The number of carbonyl (C=O) groups is 1. The van der Waals surface area contributed by atoms with Gasteiger partial charge in [-0.15, -0.1) is 6.58 Å². The van der Waals surface area contributed by atoms with Crippen LogP contribution in [0.15, 0.2) is 73.6 Å². The highest BCUT2D eigenvalue weighted by molar-refractivity contribution is 5.92. The van der Waals surface area contributed by atoms with Gasteiger partial charge in [0.2, 0.25) is 0 Å². The first kappa shape index (κ1) is 33.2. The van der Waals surface area contributed by atoms with Crippen molar-refractivity contribution in [2.75, 3.05) is 26.8 Å². The van der Waals surface area contributed by atoms with Gasteiger partial charge in [-0.1, -0.05) is 24.3 Å². The SMILES string of the molecule is C=C[C@H]1C[N@]2CC[C@H]1C[C@H]2[C@H](O)c1ccnc2ccc(OC)cc12.Cc1c(C(=O)O)cn(CCO)c1-c1ccccc1C(F)(F)F. The minimum Gasteiger partial charge on any atom is -0.497 e. The normalized spacial score (nSPS) is 21.4. The summed E-state index contributed by atoms with van der Waals surface area (Å²) < 4.78 is 46.2. The van der Waals surface area contributed by atoms with Gasteiger partial charge >= 0.3 is 12.1 Å². The summed E-state index contributed by atoms with van der Waals surface area (Å²) in [5.41, 5.74) is 1.21. The lowest BCUT2D eigenvalue weighted by Crippen LogP contribution is -2.54. The number of ether oxygens (including phenoxy) is 1. The first-order valence-electron chi connectivity index (χ1n) is 15.2. The van der Waals surface area contributed by atoms with Crippen LogP contribution in [-0.2, 0) is 12.7 Å². The van der Waals surface area contributed by atoms with Gasteiger partial charge in [-0.05, 0) is 79.6 Å². The minimum absolute atomic E-state index is 0.00957. The zero-order chi connectivity index (χ0) is 33.2. The standard InChI is InChI=1S/C20H24N2O2.C15H14F3NO3/c1-3-13-12-22-9-7-14(13)10-19(22)20(23)16-6-8-21-18-5-4-15(24-2)11-17(16)18;1-9-11(14(21)22)8-19(6-7-20)13(9)10-4-2-3-5-12(10)15(16,17)18/h3-6,8,11,13-14,19-20,23H,1,7,9-10,12H2,2H3;2-5,8,20H,6-7H2,1H3,(H,21,22)/t13-,14-,19-,20+;/m0./s1. The van der Waals surface area contributed by atoms with Crippen molar-refractivity contribution in [3.8, 4) is 17.0 Å². The Hall–Kier alpha value is -4.19. The Morgan fingerprint density at radius 1 is 1.22 bits per heavy atom. The molecule has 0 radical (unpaired) electrons. The van der Waals surface area contributed by atoms with E-state index in [1.165, 1.54) is 42.3 Å². The highest BCUT2D eigenvalue weighted by Crippen LogP contribution is 2.42. The molecule has 3 fully saturated rings. The lowest BCUT2D eigenvalue weighted by Gasteiger charge is -2.50. The third-order valence-corrected chi connectivity index (χ3v) is 9.21. The van der Waals surface area contributed by atoms with Gasteiger partial charge in [0.05, 0.1) is 42.2 Å². The van der Waals surface area contributed by atoms with Crippen LogP contribution in [0.1, 0.15) is 46.0 Å². The Morgan fingerprint density at radius 2 is 1.98 bits per heavy atom. The number of piperidine rings is 3. The molecule has 2 bridgehead atoms. The predicted molar refractivity (Wildman–Crippen MR) is 169 cm³/mol. The third-order valence-electron chi connectivity index (χ3n) is 9.21. The van der Waals surface area contributed by atoms with Crippen LogP contribution < -0.4 is 4.74 Å². The Morgan fingerprint density at radius 3 is 2.61 bits per heavy atom. The molecule has 4 aromatic rings. The average Bonchev–Trinajstić information content (AvgIpc) is 3.39. The molecular formula is C35H38F3N3O5. The second kappa shape index (κ2) is 13.7. The number of hydrogen-bond donors (Lipinski definition) is 3. The summed E-state index contributed by atoms with van der Waals surface area (Å²) in [5.74, 6) is 0.785. The van der Waals surface area contributed by atoms with Crippen LogP contribution in [-0.4, -0.2) is 68.6 Å². The molecule has 0 aliphatic carbocycles. The molecule has 2 aromatic carbocycles. The van der Waals surface area contributed by atoms with E-state index < -0.39 is 23.8 Å². The number of aromatic carboxylic acids is 1. The first-order chi connectivity index (χ1) is 22.0. The van der Waals surface area contributed by atoms with Gasteiger partial charge in [-0.25, -0.2) is 4.79 Å². The van der Waals surface area contributed by atoms with Gasteiger partial charge < -0.3 is 24.6 Å². The maximum absolute atomic E-state index is 13.2. The van der Waals surface area contributed by atoms with Crippen LogP contribution >= 0.6 is 0 Å². The number of methoxy groups -OCH3 is 1. The summed E-state index contributed by atoms with van der Waals surface area (Å²) in [6.45, 7) is 7.23. The number of aromatic nitrogens is 2. The topological polar surface area (TPSA) is 108 Å². The number of fused-ring (bicyclic) bond motifs is 4. The highest BCUT2D eigenvalue weighted by Gasteiger charge is 2.42. The molecule has 7 rings (SSSR count). The number of pyridine rings is 1. The van der Waals surface area contributed by atoms with Gasteiger partial charge in [-0.3, -0.25) is 9.88 Å². The Kier molecular flexibility index (Phi) is 9.85. The number of halogens is 3. The number of aliphatic hydroxyl groups is 2. The molecule has 3 aliphatic rings. The van der Waals surface area contributed by atoms with E-state index in [1.54, 1.807) is 13.3 Å². The quantitative estimate of drug-likeness (QED) is 0.194. The maximum Gasteiger partial charge on any atom is 0.417 e. The van der Waals surface area contributed by atoms with Gasteiger partial charge in [0.1, 0.15) is 5.75 Å². The summed E-state index contributed by atoms with van der Waals surface area (Å²) in [6, 6.07) is 12.9. The molecule has 5 heterocycles. The second-order valence-electron chi connectivity index (χ2n) is 11.8. The largest absolute Gasteiger partial charge is 0.497 e. The van der Waals surface area contributed by atoms with Crippen molar-refractivity contribution in [1.29, 1.82) is 0 Å². The molecule has 0 unspecified atom stereocenters. The smallest absolute Gasteiger partial charge is 0.417 e. The molecule has 3 aliphatic heterocycles. The lowest BCUT2D eigenvalue weighted by molar-refractivity contribution is -0.137. The predicted octanol–water partition coefficient (Wildman–Crippen LogP) is 6.35. The van der Waals surface area contributed by atoms with E-state index in [0.717, 1.165) is 47.8 Å². The zero-order valence-corrected chi connectivity index (χ0v) is 25.7. The summed E-state index contributed by atoms with van der Waals surface area (Å²) in [4.78, 5) is 18.1. The van der Waals surface area contributed by atoms with Gasteiger partial charge in [-0.2, -0.15) is 13.2 Å². The summed E-state index contributed by atoms with van der Waals surface area (Å²) in [6.07, 6.45) is 2.31. The fourth-order valence-corrected chi connectivity index (χ4v) is 6.90. The molecule has 3 saturated heterocycles. The van der Waals surface area contributed by atoms with Gasteiger partial charge in [0, 0.05) is 42.5 Å². The van der Waals surface area contributed by atoms with Crippen LogP contribution in [0.25, 0.3) is 22.2 Å². The lowest BCUT2D eigenvalue weighted by atomic mass is 9.73. The van der Waals surface area contributed by atoms with Crippen LogP contribution in [0.4, 0.5) is 13.2 Å². The fourth-order valence-electron chi connectivity index (χ4n) is 6.90.